The molecule has 0 aromatic heterocycles. The molecule has 0 aliphatic heterocycles. The second-order valence-electron chi connectivity index (χ2n) is 10.8. The Labute approximate surface area is 247 Å². The lowest BCUT2D eigenvalue weighted by Crippen LogP contribution is -2.32. The van der Waals surface area contributed by atoms with Crippen LogP contribution in [0.3, 0.4) is 0 Å². The molecule has 1 atom stereocenters. The molecule has 194 valence electrons. The Morgan fingerprint density at radius 1 is 0.415 bits per heavy atom. The number of benzene rings is 7. The molecule has 1 aliphatic rings. The zero-order chi connectivity index (χ0) is 27.6. The van der Waals surface area contributed by atoms with E-state index in [4.69, 9.17) is 0 Å². The van der Waals surface area contributed by atoms with Crippen LogP contribution in [0.2, 0.25) is 0 Å². The fourth-order valence-corrected chi connectivity index (χ4v) is 7.07. The van der Waals surface area contributed by atoms with Crippen LogP contribution in [0.5, 0.6) is 0 Å². The van der Waals surface area contributed by atoms with Gasteiger partial charge in [0.25, 0.3) is 0 Å². The van der Waals surface area contributed by atoms with Crippen molar-refractivity contribution in [2.45, 2.75) is 5.60 Å². The van der Waals surface area contributed by atoms with Crippen LogP contribution in [0, 0.1) is 0 Å². The van der Waals surface area contributed by atoms with E-state index in [1.807, 2.05) is 6.07 Å². The Hall–Kier alpha value is -4.50. The van der Waals surface area contributed by atoms with Gasteiger partial charge in [-0.1, -0.05) is 149 Å². The van der Waals surface area contributed by atoms with Gasteiger partial charge < -0.3 is 5.11 Å². The van der Waals surface area contributed by atoms with Crippen molar-refractivity contribution in [1.29, 1.82) is 0 Å². The Bertz CT molecular complexity index is 2100. The summed E-state index contributed by atoms with van der Waals surface area (Å²) < 4.78 is 0.943. The molecule has 0 bridgehead atoms. The second kappa shape index (κ2) is 9.27. The highest BCUT2D eigenvalue weighted by atomic mass is 79.9. The molecule has 0 heterocycles. The van der Waals surface area contributed by atoms with Crippen molar-refractivity contribution in [2.24, 2.45) is 0 Å². The Morgan fingerprint density at radius 2 is 0.951 bits per heavy atom. The molecule has 0 spiro atoms. The quantitative estimate of drug-likeness (QED) is 0.217. The average molecular weight is 590 g/mol. The van der Waals surface area contributed by atoms with Gasteiger partial charge in [0.2, 0.25) is 0 Å². The van der Waals surface area contributed by atoms with Crippen molar-refractivity contribution in [2.75, 3.05) is 0 Å². The van der Waals surface area contributed by atoms with Gasteiger partial charge >= 0.3 is 0 Å². The first kappa shape index (κ1) is 24.3. The van der Waals surface area contributed by atoms with Gasteiger partial charge in [0.05, 0.1) is 0 Å². The van der Waals surface area contributed by atoms with Crippen LogP contribution < -0.4 is 0 Å². The van der Waals surface area contributed by atoms with E-state index < -0.39 is 5.60 Å². The van der Waals surface area contributed by atoms with Crippen LogP contribution in [0.25, 0.3) is 54.9 Å². The molecule has 1 N–H and O–H groups in total. The van der Waals surface area contributed by atoms with Crippen LogP contribution in [0.4, 0.5) is 0 Å². The topological polar surface area (TPSA) is 20.2 Å². The van der Waals surface area contributed by atoms with E-state index in [1.165, 1.54) is 11.1 Å². The summed E-state index contributed by atoms with van der Waals surface area (Å²) in [4.78, 5) is 0. The normalized spacial score (nSPS) is 15.7. The summed E-state index contributed by atoms with van der Waals surface area (Å²) in [6.07, 6.45) is 0. The highest BCUT2D eigenvalue weighted by molar-refractivity contribution is 9.10. The number of hydrogen-bond acceptors (Lipinski definition) is 1. The van der Waals surface area contributed by atoms with E-state index >= 15 is 0 Å². The highest BCUT2D eigenvalue weighted by Crippen LogP contribution is 2.53. The minimum absolute atomic E-state index is 0.888. The maximum absolute atomic E-state index is 13.2. The Morgan fingerprint density at radius 3 is 1.61 bits per heavy atom. The molecule has 0 radical (unpaired) electrons. The largest absolute Gasteiger partial charge is 0.376 e. The van der Waals surface area contributed by atoms with Crippen molar-refractivity contribution in [3.8, 4) is 33.4 Å². The minimum Gasteiger partial charge on any atom is -0.376 e. The Balaban J connectivity index is 1.43. The maximum Gasteiger partial charge on any atom is 0.142 e. The number of halogens is 1. The monoisotopic (exact) mass is 588 g/mol. The molecule has 2 heteroatoms. The number of fused-ring (bicyclic) bond motifs is 3. The van der Waals surface area contributed by atoms with Gasteiger partial charge in [-0.05, 0) is 67.1 Å². The van der Waals surface area contributed by atoms with E-state index in [0.717, 1.165) is 65.0 Å². The zero-order valence-electron chi connectivity index (χ0n) is 22.2. The molecule has 0 saturated heterocycles. The van der Waals surface area contributed by atoms with E-state index in [9.17, 15) is 5.11 Å². The van der Waals surface area contributed by atoms with Crippen LogP contribution in [-0.2, 0) is 5.60 Å². The lowest BCUT2D eigenvalue weighted by Gasteiger charge is -2.38. The first-order valence-corrected chi connectivity index (χ1v) is 14.7. The summed E-state index contributed by atoms with van der Waals surface area (Å²) in [5.41, 5.74) is 8.16. The lowest BCUT2D eigenvalue weighted by molar-refractivity contribution is 0.128. The molecule has 1 unspecified atom stereocenters. The molecule has 1 nitrogen and oxygen atoms in total. The summed E-state index contributed by atoms with van der Waals surface area (Å²) in [7, 11) is 0. The number of aliphatic hydroxyl groups is 1. The summed E-state index contributed by atoms with van der Waals surface area (Å²) in [6, 6.07) is 50.9. The van der Waals surface area contributed by atoms with Crippen LogP contribution in [-0.4, -0.2) is 5.11 Å². The molecule has 0 fully saturated rings. The maximum atomic E-state index is 13.2. The Kier molecular flexibility index (Phi) is 5.50. The van der Waals surface area contributed by atoms with Crippen molar-refractivity contribution in [3.05, 3.63) is 167 Å². The molecule has 1 aliphatic carbocycles. The summed E-state index contributed by atoms with van der Waals surface area (Å²) in [5, 5.41) is 17.6. The van der Waals surface area contributed by atoms with Gasteiger partial charge in [0, 0.05) is 21.2 Å². The van der Waals surface area contributed by atoms with Gasteiger partial charge in [0.1, 0.15) is 5.60 Å². The smallest absolute Gasteiger partial charge is 0.142 e. The number of rotatable bonds is 3. The van der Waals surface area contributed by atoms with Crippen molar-refractivity contribution in [1.82, 2.24) is 0 Å². The fourth-order valence-electron chi connectivity index (χ4n) is 6.71. The molecular weight excluding hydrogens is 564 g/mol. The van der Waals surface area contributed by atoms with Crippen molar-refractivity contribution >= 4 is 37.5 Å². The van der Waals surface area contributed by atoms with Gasteiger partial charge in [-0.3, -0.25) is 0 Å². The zero-order valence-corrected chi connectivity index (χ0v) is 23.8. The molecule has 41 heavy (non-hydrogen) atoms. The number of hydrogen-bond donors (Lipinski definition) is 1. The third-order valence-electron chi connectivity index (χ3n) is 8.55. The van der Waals surface area contributed by atoms with E-state index in [0.29, 0.717) is 0 Å². The predicted molar refractivity (Wildman–Crippen MR) is 174 cm³/mol. The molecule has 0 amide bonds. The van der Waals surface area contributed by atoms with Gasteiger partial charge in [0.15, 0.2) is 0 Å². The van der Waals surface area contributed by atoms with Gasteiger partial charge in [-0.15, -0.1) is 0 Å². The molecule has 8 rings (SSSR count). The standard InChI is InChI=1S/C39H25BrO/c40-30-22-23-32-33-15-5-11-29-13-7-17-35(38(29)33)39(41,36(32)24-30)34-16-6-12-28-10-4-14-31(37(28)34)27-20-18-26(19-21-27)25-8-2-1-3-9-25/h1-24,41H. The summed E-state index contributed by atoms with van der Waals surface area (Å²) in [6.45, 7) is 0. The third kappa shape index (κ3) is 3.65. The van der Waals surface area contributed by atoms with Crippen LogP contribution in [0.15, 0.2) is 150 Å². The van der Waals surface area contributed by atoms with Crippen LogP contribution >= 0.6 is 15.9 Å². The van der Waals surface area contributed by atoms with Gasteiger partial charge in [-0.2, -0.15) is 0 Å². The summed E-state index contributed by atoms with van der Waals surface area (Å²) >= 11 is 3.71. The van der Waals surface area contributed by atoms with E-state index in [1.54, 1.807) is 0 Å². The van der Waals surface area contributed by atoms with Crippen LogP contribution in [0.1, 0.15) is 16.7 Å². The molecular formula is C39H25BrO. The SMILES string of the molecule is OC1(c2cccc3cccc(-c4ccc(-c5ccccc5)cc4)c23)c2cc(Br)ccc2-c2cccc3cccc1c23. The highest BCUT2D eigenvalue weighted by Gasteiger charge is 2.42. The van der Waals surface area contributed by atoms with E-state index in [-0.39, 0.29) is 0 Å². The third-order valence-corrected chi connectivity index (χ3v) is 9.05. The lowest BCUT2D eigenvalue weighted by atomic mass is 9.69. The first-order chi connectivity index (χ1) is 20.1. The molecule has 7 aromatic carbocycles. The van der Waals surface area contributed by atoms with Crippen molar-refractivity contribution in [3.63, 3.8) is 0 Å². The first-order valence-electron chi connectivity index (χ1n) is 13.9. The fraction of sp³-hybridized carbons (Fsp3) is 0.0256. The molecule has 7 aromatic rings. The van der Waals surface area contributed by atoms with Crippen molar-refractivity contribution < 1.29 is 5.11 Å². The summed E-state index contributed by atoms with van der Waals surface area (Å²) in [5.74, 6) is 0. The second-order valence-corrected chi connectivity index (χ2v) is 11.7. The minimum atomic E-state index is -1.35. The van der Waals surface area contributed by atoms with E-state index in [2.05, 4.69) is 155 Å². The predicted octanol–water partition coefficient (Wildman–Crippen LogP) is 10.4. The van der Waals surface area contributed by atoms with Gasteiger partial charge in [-0.25, -0.2) is 0 Å². The molecule has 0 saturated carbocycles. The average Bonchev–Trinajstić information content (AvgIpc) is 3.03.